The molecule has 2 aliphatic heterocycles. The van der Waals surface area contributed by atoms with E-state index in [1.807, 2.05) is 53.4 Å². The molecule has 0 spiro atoms. The molecule has 2 saturated heterocycles. The average Bonchev–Trinajstić information content (AvgIpc) is 3.58. The molecular weight excluding hydrogens is 517 g/mol. The lowest BCUT2D eigenvalue weighted by molar-refractivity contribution is -0.137. The highest BCUT2D eigenvalue weighted by atomic mass is 19.4. The number of H-pyrrole nitrogens is 1. The summed E-state index contributed by atoms with van der Waals surface area (Å²) < 4.78 is 39.4. The second-order valence-electron chi connectivity index (χ2n) is 10.8. The fourth-order valence-electron chi connectivity index (χ4n) is 5.90. The van der Waals surface area contributed by atoms with Crippen molar-refractivity contribution in [3.63, 3.8) is 0 Å². The molecule has 2 fully saturated rings. The highest BCUT2D eigenvalue weighted by Gasteiger charge is 2.32. The van der Waals surface area contributed by atoms with E-state index < -0.39 is 11.7 Å². The van der Waals surface area contributed by atoms with Gasteiger partial charge in [-0.15, -0.1) is 0 Å². The molecule has 0 aliphatic carbocycles. The molecule has 3 aromatic carbocycles. The number of hydrogen-bond acceptors (Lipinski definition) is 4. The van der Waals surface area contributed by atoms with E-state index in [-0.39, 0.29) is 18.1 Å². The Labute approximate surface area is 230 Å². The fourth-order valence-corrected chi connectivity index (χ4v) is 5.90. The van der Waals surface area contributed by atoms with Crippen molar-refractivity contribution in [2.75, 3.05) is 26.2 Å². The zero-order chi connectivity index (χ0) is 27.9. The number of nitrogens with zero attached hydrogens (tertiary/aromatic N) is 3. The largest absolute Gasteiger partial charge is 0.416 e. The number of halogens is 3. The molecule has 0 bridgehead atoms. The van der Waals surface area contributed by atoms with E-state index in [0.29, 0.717) is 29.0 Å². The predicted molar refractivity (Wildman–Crippen MR) is 148 cm³/mol. The first-order valence-corrected chi connectivity index (χ1v) is 13.7. The number of β-amino-alcohol motifs (C(OH)–C–C–N with tert-alkyl or cyclic N) is 1. The molecule has 1 amide bonds. The van der Waals surface area contributed by atoms with E-state index in [2.05, 4.69) is 14.9 Å². The summed E-state index contributed by atoms with van der Waals surface area (Å²) in [6, 6.07) is 18.8. The maximum absolute atomic E-state index is 13.7. The fraction of sp³-hybridized carbons (Fsp3) is 0.355. The van der Waals surface area contributed by atoms with E-state index in [0.717, 1.165) is 74.1 Å². The highest BCUT2D eigenvalue weighted by molar-refractivity contribution is 5.96. The van der Waals surface area contributed by atoms with E-state index in [1.54, 1.807) is 0 Å². The van der Waals surface area contributed by atoms with Crippen LogP contribution in [0, 0.1) is 0 Å². The lowest BCUT2D eigenvalue weighted by Crippen LogP contribution is -2.49. The maximum Gasteiger partial charge on any atom is 0.416 e. The van der Waals surface area contributed by atoms with E-state index >= 15 is 0 Å². The molecule has 2 N–H and O–H groups in total. The smallest absolute Gasteiger partial charge is 0.392 e. The Morgan fingerprint density at radius 2 is 1.73 bits per heavy atom. The number of aliphatic hydroxyl groups is 1. The van der Waals surface area contributed by atoms with Crippen LogP contribution in [0.5, 0.6) is 0 Å². The Bertz CT molecular complexity index is 1530. The van der Waals surface area contributed by atoms with Gasteiger partial charge in [0.25, 0.3) is 5.91 Å². The van der Waals surface area contributed by atoms with E-state index in [1.165, 1.54) is 6.07 Å². The Morgan fingerprint density at radius 3 is 2.50 bits per heavy atom. The minimum Gasteiger partial charge on any atom is -0.392 e. The third-order valence-corrected chi connectivity index (χ3v) is 7.99. The number of aromatic amines is 1. The van der Waals surface area contributed by atoms with Gasteiger partial charge in [0.2, 0.25) is 0 Å². The number of rotatable bonds is 5. The molecule has 1 aromatic heterocycles. The predicted octanol–water partition coefficient (Wildman–Crippen LogP) is 5.98. The van der Waals surface area contributed by atoms with Crippen LogP contribution in [0.4, 0.5) is 13.2 Å². The van der Waals surface area contributed by atoms with E-state index in [9.17, 15) is 23.1 Å². The maximum atomic E-state index is 13.7. The Kier molecular flexibility index (Phi) is 7.10. The molecule has 0 radical (unpaired) electrons. The molecule has 6 nitrogen and oxygen atoms in total. The molecule has 4 aromatic rings. The number of fused-ring (bicyclic) bond motifs is 1. The van der Waals surface area contributed by atoms with Crippen LogP contribution in [0.2, 0.25) is 0 Å². The number of nitrogens with one attached hydrogen (secondary N) is 1. The zero-order valence-corrected chi connectivity index (χ0v) is 22.0. The first-order chi connectivity index (χ1) is 19.2. The molecule has 2 atom stereocenters. The Morgan fingerprint density at radius 1 is 0.950 bits per heavy atom. The summed E-state index contributed by atoms with van der Waals surface area (Å²) in [6.07, 6.45) is -0.887. The average molecular weight is 549 g/mol. The van der Waals surface area contributed by atoms with Crippen LogP contribution in [0.25, 0.3) is 33.5 Å². The van der Waals surface area contributed by atoms with Crippen LogP contribution in [0.1, 0.15) is 41.6 Å². The third-order valence-electron chi connectivity index (χ3n) is 7.99. The molecular formula is C31H31F3N4O2. The summed E-state index contributed by atoms with van der Waals surface area (Å²) in [7, 11) is 0. The molecule has 6 rings (SSSR count). The normalized spacial score (nSPS) is 20.4. The van der Waals surface area contributed by atoms with Crippen LogP contribution in [0.3, 0.4) is 0 Å². The SMILES string of the molecule is O=C(c1cccc(-c2cccc(-c3nc4ccc(C(F)(F)F)cc4[nH]3)c2)c1)N1CCCCC1CN1CCC(O)C1. The van der Waals surface area contributed by atoms with Gasteiger partial charge in [-0.05, 0) is 73.2 Å². The lowest BCUT2D eigenvalue weighted by atomic mass is 9.98. The standard InChI is InChI=1S/C31H31F3N4O2/c32-31(33,34)24-10-11-27-28(17-24)36-29(35-27)22-7-3-5-20(15-22)21-6-4-8-23(16-21)30(40)38-13-2-1-9-25(38)18-37-14-12-26(39)19-37/h3-8,10-11,15-17,25-26,39H,1-2,9,12-14,18-19H2,(H,35,36). The van der Waals surface area contributed by atoms with E-state index in [4.69, 9.17) is 0 Å². The summed E-state index contributed by atoms with van der Waals surface area (Å²) in [5.41, 5.74) is 3.18. The molecule has 2 aliphatic rings. The number of amides is 1. The summed E-state index contributed by atoms with van der Waals surface area (Å²) in [5.74, 6) is 0.492. The van der Waals surface area contributed by atoms with Gasteiger partial charge in [0.05, 0.1) is 22.7 Å². The van der Waals surface area contributed by atoms with Crippen LogP contribution in [-0.2, 0) is 6.18 Å². The Balaban J connectivity index is 1.24. The number of carbonyl (C=O) groups excluding carboxylic acids is 1. The van der Waals surface area contributed by atoms with Gasteiger partial charge in [-0.25, -0.2) is 4.98 Å². The summed E-state index contributed by atoms with van der Waals surface area (Å²) in [5, 5.41) is 9.92. The van der Waals surface area contributed by atoms with Crippen molar-refractivity contribution < 1.29 is 23.1 Å². The molecule has 208 valence electrons. The zero-order valence-electron chi connectivity index (χ0n) is 22.0. The monoisotopic (exact) mass is 548 g/mol. The van der Waals surface area contributed by atoms with Gasteiger partial charge >= 0.3 is 6.18 Å². The number of aromatic nitrogens is 2. The van der Waals surface area contributed by atoms with Crippen molar-refractivity contribution in [1.29, 1.82) is 0 Å². The van der Waals surface area contributed by atoms with Gasteiger partial charge in [0, 0.05) is 43.3 Å². The lowest BCUT2D eigenvalue weighted by Gasteiger charge is -2.38. The second kappa shape index (κ2) is 10.7. The minimum atomic E-state index is -4.42. The van der Waals surface area contributed by atoms with Gasteiger partial charge in [-0.1, -0.05) is 30.3 Å². The van der Waals surface area contributed by atoms with Crippen molar-refractivity contribution in [3.05, 3.63) is 77.9 Å². The number of imidazole rings is 1. The van der Waals surface area contributed by atoms with Crippen molar-refractivity contribution >= 4 is 16.9 Å². The van der Waals surface area contributed by atoms with Gasteiger partial charge in [0.1, 0.15) is 5.82 Å². The topological polar surface area (TPSA) is 72.5 Å². The third kappa shape index (κ3) is 5.48. The molecule has 2 unspecified atom stereocenters. The number of aliphatic hydroxyl groups excluding tert-OH is 1. The molecule has 0 saturated carbocycles. The van der Waals surface area contributed by atoms with Crippen LogP contribution in [-0.4, -0.2) is 69.1 Å². The van der Waals surface area contributed by atoms with Gasteiger partial charge in [0.15, 0.2) is 0 Å². The number of alkyl halides is 3. The highest BCUT2D eigenvalue weighted by Crippen LogP contribution is 2.33. The van der Waals surface area contributed by atoms with Crippen LogP contribution in [0.15, 0.2) is 66.7 Å². The number of piperidine rings is 1. The van der Waals surface area contributed by atoms with Gasteiger partial charge in [-0.2, -0.15) is 13.2 Å². The van der Waals surface area contributed by atoms with Crippen molar-refractivity contribution in [2.24, 2.45) is 0 Å². The van der Waals surface area contributed by atoms with Gasteiger partial charge in [-0.3, -0.25) is 9.69 Å². The summed E-state index contributed by atoms with van der Waals surface area (Å²) in [4.78, 5) is 25.4. The quantitative estimate of drug-likeness (QED) is 0.322. The number of hydrogen-bond donors (Lipinski definition) is 2. The second-order valence-corrected chi connectivity index (χ2v) is 10.8. The number of carbonyl (C=O) groups is 1. The van der Waals surface area contributed by atoms with Gasteiger partial charge < -0.3 is 15.0 Å². The first-order valence-electron chi connectivity index (χ1n) is 13.7. The minimum absolute atomic E-state index is 0.0141. The summed E-state index contributed by atoms with van der Waals surface area (Å²) >= 11 is 0. The first kappa shape index (κ1) is 26.5. The molecule has 9 heteroatoms. The molecule has 3 heterocycles. The van der Waals surface area contributed by atoms with Crippen molar-refractivity contribution in [2.45, 2.75) is 44.0 Å². The van der Waals surface area contributed by atoms with Crippen molar-refractivity contribution in [3.8, 4) is 22.5 Å². The number of likely N-dealkylation sites (tertiary alicyclic amines) is 2. The van der Waals surface area contributed by atoms with Crippen LogP contribution < -0.4 is 0 Å². The van der Waals surface area contributed by atoms with Crippen molar-refractivity contribution in [1.82, 2.24) is 19.8 Å². The molecule has 40 heavy (non-hydrogen) atoms. The summed E-state index contributed by atoms with van der Waals surface area (Å²) in [6.45, 7) is 3.04. The Hall–Kier alpha value is -3.69. The number of benzene rings is 3. The van der Waals surface area contributed by atoms with Crippen LogP contribution >= 0.6 is 0 Å².